The first-order valence-corrected chi connectivity index (χ1v) is 13.8. The molecule has 0 aromatic carbocycles. The maximum absolute atomic E-state index is 12.2. The van der Waals surface area contributed by atoms with Gasteiger partial charge in [0.1, 0.15) is 0 Å². The molecular formula is C29H53NO4. The number of rotatable bonds is 23. The molecule has 0 aromatic rings. The minimum absolute atomic E-state index is 0.0451. The van der Waals surface area contributed by atoms with Crippen molar-refractivity contribution in [1.82, 2.24) is 5.32 Å². The van der Waals surface area contributed by atoms with Crippen molar-refractivity contribution < 1.29 is 20.1 Å². The van der Waals surface area contributed by atoms with Crippen molar-refractivity contribution >= 4 is 5.91 Å². The number of allylic oxidation sites excluding steroid dienone is 4. The summed E-state index contributed by atoms with van der Waals surface area (Å²) in [5.74, 6) is -0.368. The molecule has 0 aliphatic rings. The molecule has 1 amide bonds. The molecule has 3 atom stereocenters. The van der Waals surface area contributed by atoms with Crippen LogP contribution in [0.25, 0.3) is 0 Å². The maximum Gasteiger partial charge on any atom is 0.223 e. The molecule has 0 fully saturated rings. The third-order valence-electron chi connectivity index (χ3n) is 5.90. The Hall–Kier alpha value is -1.43. The Kier molecular flexibility index (Phi) is 23.6. The van der Waals surface area contributed by atoms with Gasteiger partial charge < -0.3 is 20.6 Å². The van der Waals surface area contributed by atoms with E-state index in [0.717, 1.165) is 32.1 Å². The Morgan fingerprint density at radius 3 is 1.91 bits per heavy atom. The third-order valence-corrected chi connectivity index (χ3v) is 5.90. The Bertz CT molecular complexity index is 544. The molecule has 3 unspecified atom stereocenters. The van der Waals surface area contributed by atoms with E-state index in [9.17, 15) is 20.1 Å². The monoisotopic (exact) mass is 479 g/mol. The number of aliphatic hydroxyl groups is 3. The van der Waals surface area contributed by atoms with Crippen LogP contribution in [0, 0.1) is 0 Å². The SMILES string of the molecule is CCCCCC/C=C\CC(O)CC(=O)NC(CO)C(O)/C=C/CC/C=C/CCCCCCCC. The average Bonchev–Trinajstić information content (AvgIpc) is 2.82. The van der Waals surface area contributed by atoms with Gasteiger partial charge in [-0.3, -0.25) is 4.79 Å². The lowest BCUT2D eigenvalue weighted by Gasteiger charge is -2.20. The number of amides is 1. The van der Waals surface area contributed by atoms with E-state index in [1.807, 2.05) is 12.2 Å². The van der Waals surface area contributed by atoms with Gasteiger partial charge in [-0.15, -0.1) is 0 Å². The standard InChI is InChI=1S/C29H53NO4/c1-3-5-7-9-11-12-13-14-15-17-19-21-23-28(33)27(25-31)30-29(34)24-26(32)22-20-18-16-10-8-6-4-2/h14-15,18,20-21,23,26-28,31-33H,3-13,16-17,19,22,24-25H2,1-2H3,(H,30,34)/b15-14+,20-18-,23-21+. The number of unbranched alkanes of at least 4 members (excludes halogenated alkanes) is 11. The Labute approximate surface area is 209 Å². The summed E-state index contributed by atoms with van der Waals surface area (Å²) < 4.78 is 0. The number of hydrogen-bond donors (Lipinski definition) is 4. The van der Waals surface area contributed by atoms with Crippen molar-refractivity contribution in [3.05, 3.63) is 36.5 Å². The maximum atomic E-state index is 12.2. The molecule has 0 saturated carbocycles. The van der Waals surface area contributed by atoms with Crippen LogP contribution in [0.3, 0.4) is 0 Å². The van der Waals surface area contributed by atoms with E-state index in [1.165, 1.54) is 57.8 Å². The Morgan fingerprint density at radius 1 is 0.735 bits per heavy atom. The van der Waals surface area contributed by atoms with Gasteiger partial charge in [0.15, 0.2) is 0 Å². The second-order valence-electron chi connectivity index (χ2n) is 9.29. The second-order valence-corrected chi connectivity index (χ2v) is 9.29. The second kappa shape index (κ2) is 24.7. The van der Waals surface area contributed by atoms with E-state index < -0.39 is 18.2 Å². The molecule has 0 heterocycles. The van der Waals surface area contributed by atoms with E-state index >= 15 is 0 Å². The van der Waals surface area contributed by atoms with Crippen molar-refractivity contribution in [2.75, 3.05) is 6.61 Å². The van der Waals surface area contributed by atoms with E-state index in [4.69, 9.17) is 0 Å². The van der Waals surface area contributed by atoms with Gasteiger partial charge in [-0.05, 0) is 44.9 Å². The van der Waals surface area contributed by atoms with Crippen LogP contribution in [-0.2, 0) is 4.79 Å². The summed E-state index contributed by atoms with van der Waals surface area (Å²) >= 11 is 0. The predicted octanol–water partition coefficient (Wildman–Crippen LogP) is 6.14. The fourth-order valence-corrected chi connectivity index (χ4v) is 3.70. The van der Waals surface area contributed by atoms with Crippen LogP contribution in [-0.4, -0.2) is 46.1 Å². The lowest BCUT2D eigenvalue weighted by atomic mass is 10.1. The minimum Gasteiger partial charge on any atom is -0.394 e. The van der Waals surface area contributed by atoms with E-state index in [-0.39, 0.29) is 18.9 Å². The highest BCUT2D eigenvalue weighted by molar-refractivity contribution is 5.76. The van der Waals surface area contributed by atoms with Crippen molar-refractivity contribution in [2.45, 2.75) is 135 Å². The van der Waals surface area contributed by atoms with Crippen LogP contribution in [0.2, 0.25) is 0 Å². The van der Waals surface area contributed by atoms with Crippen LogP contribution in [0.4, 0.5) is 0 Å². The highest BCUT2D eigenvalue weighted by Crippen LogP contribution is 2.08. The summed E-state index contributed by atoms with van der Waals surface area (Å²) in [6.07, 6.45) is 27.1. The number of hydrogen-bond acceptors (Lipinski definition) is 4. The first kappa shape index (κ1) is 32.6. The average molecular weight is 480 g/mol. The Morgan fingerprint density at radius 2 is 1.26 bits per heavy atom. The highest BCUT2D eigenvalue weighted by atomic mass is 16.3. The zero-order valence-corrected chi connectivity index (χ0v) is 22.0. The van der Waals surface area contributed by atoms with Crippen molar-refractivity contribution in [3.8, 4) is 0 Å². The minimum atomic E-state index is -0.957. The van der Waals surface area contributed by atoms with Crippen LogP contribution in [0.5, 0.6) is 0 Å². The summed E-state index contributed by atoms with van der Waals surface area (Å²) in [5.41, 5.74) is 0. The van der Waals surface area contributed by atoms with Crippen LogP contribution < -0.4 is 5.32 Å². The van der Waals surface area contributed by atoms with Crippen LogP contribution in [0.15, 0.2) is 36.5 Å². The van der Waals surface area contributed by atoms with Gasteiger partial charge in [-0.2, -0.15) is 0 Å². The number of carbonyl (C=O) groups excluding carboxylic acids is 1. The lowest BCUT2D eigenvalue weighted by Crippen LogP contribution is -2.45. The molecule has 0 aliphatic heterocycles. The van der Waals surface area contributed by atoms with Gasteiger partial charge in [0.2, 0.25) is 5.91 Å². The first-order chi connectivity index (χ1) is 16.5. The lowest BCUT2D eigenvalue weighted by molar-refractivity contribution is -0.124. The molecule has 34 heavy (non-hydrogen) atoms. The topological polar surface area (TPSA) is 89.8 Å². The van der Waals surface area contributed by atoms with E-state index in [1.54, 1.807) is 6.08 Å². The summed E-state index contributed by atoms with van der Waals surface area (Å²) in [5, 5.41) is 32.5. The molecule has 5 heteroatoms. The van der Waals surface area contributed by atoms with Gasteiger partial charge in [0.05, 0.1) is 31.3 Å². The summed E-state index contributed by atoms with van der Waals surface area (Å²) in [7, 11) is 0. The van der Waals surface area contributed by atoms with Gasteiger partial charge in [-0.1, -0.05) is 102 Å². The van der Waals surface area contributed by atoms with Gasteiger partial charge in [0.25, 0.3) is 0 Å². The van der Waals surface area contributed by atoms with Gasteiger partial charge in [0, 0.05) is 0 Å². The summed E-state index contributed by atoms with van der Waals surface area (Å²) in [6, 6.07) is -0.770. The van der Waals surface area contributed by atoms with Crippen molar-refractivity contribution in [1.29, 1.82) is 0 Å². The molecule has 198 valence electrons. The third kappa shape index (κ3) is 21.1. The quantitative estimate of drug-likeness (QED) is 0.105. The number of aliphatic hydroxyl groups excluding tert-OH is 3. The number of carbonyl (C=O) groups is 1. The summed E-state index contributed by atoms with van der Waals surface area (Å²) in [4.78, 5) is 12.2. The predicted molar refractivity (Wildman–Crippen MR) is 144 cm³/mol. The molecule has 0 rings (SSSR count). The number of nitrogens with one attached hydrogen (secondary N) is 1. The molecule has 0 aliphatic carbocycles. The Balaban J connectivity index is 4.00. The molecule has 0 aromatic heterocycles. The molecule has 0 bridgehead atoms. The van der Waals surface area contributed by atoms with Gasteiger partial charge >= 0.3 is 0 Å². The summed E-state index contributed by atoms with van der Waals surface area (Å²) in [6.45, 7) is 4.06. The van der Waals surface area contributed by atoms with Crippen LogP contribution in [0.1, 0.15) is 117 Å². The molecule has 4 N–H and O–H groups in total. The smallest absolute Gasteiger partial charge is 0.223 e. The zero-order valence-electron chi connectivity index (χ0n) is 22.0. The fourth-order valence-electron chi connectivity index (χ4n) is 3.70. The van der Waals surface area contributed by atoms with Gasteiger partial charge in [-0.25, -0.2) is 0 Å². The van der Waals surface area contributed by atoms with E-state index in [2.05, 4.69) is 37.4 Å². The molecule has 0 radical (unpaired) electrons. The largest absolute Gasteiger partial charge is 0.394 e. The normalized spacial score (nSPS) is 14.9. The molecular weight excluding hydrogens is 426 g/mol. The zero-order chi connectivity index (χ0) is 25.3. The fraction of sp³-hybridized carbons (Fsp3) is 0.759. The highest BCUT2D eigenvalue weighted by Gasteiger charge is 2.19. The molecule has 0 saturated heterocycles. The molecule has 5 nitrogen and oxygen atoms in total. The first-order valence-electron chi connectivity index (χ1n) is 13.8. The van der Waals surface area contributed by atoms with Crippen molar-refractivity contribution in [3.63, 3.8) is 0 Å². The van der Waals surface area contributed by atoms with E-state index in [0.29, 0.717) is 6.42 Å². The van der Waals surface area contributed by atoms with Crippen molar-refractivity contribution in [2.24, 2.45) is 0 Å². The molecule has 0 spiro atoms. The van der Waals surface area contributed by atoms with Crippen LogP contribution >= 0.6 is 0 Å².